The fourth-order valence-corrected chi connectivity index (χ4v) is 2.59. The second-order valence-electron chi connectivity index (χ2n) is 5.56. The predicted octanol–water partition coefficient (Wildman–Crippen LogP) is 1.06. The first-order valence-electron chi connectivity index (χ1n) is 7.77. The van der Waals surface area contributed by atoms with Crippen LogP contribution in [0.15, 0.2) is 39.9 Å². The van der Waals surface area contributed by atoms with Crippen molar-refractivity contribution in [1.29, 1.82) is 0 Å². The normalized spacial score (nSPS) is 16.5. The van der Waals surface area contributed by atoms with Gasteiger partial charge < -0.3 is 9.47 Å². The maximum absolute atomic E-state index is 12.3. The van der Waals surface area contributed by atoms with Crippen molar-refractivity contribution in [3.8, 4) is 0 Å². The number of epoxide rings is 1. The molecule has 1 aliphatic heterocycles. The van der Waals surface area contributed by atoms with Gasteiger partial charge in [0.2, 0.25) is 0 Å². The number of aromatic amines is 1. The molecule has 122 valence electrons. The van der Waals surface area contributed by atoms with Gasteiger partial charge in [0.25, 0.3) is 5.56 Å². The Hall–Kier alpha value is -2.18. The summed E-state index contributed by atoms with van der Waals surface area (Å²) in [6.45, 7) is 3.16. The Bertz CT molecular complexity index is 775. The van der Waals surface area contributed by atoms with E-state index in [2.05, 4.69) is 4.98 Å². The van der Waals surface area contributed by atoms with Crippen molar-refractivity contribution in [1.82, 2.24) is 9.55 Å². The van der Waals surface area contributed by atoms with Gasteiger partial charge in [-0.3, -0.25) is 14.3 Å². The van der Waals surface area contributed by atoms with E-state index in [-0.39, 0.29) is 18.4 Å². The summed E-state index contributed by atoms with van der Waals surface area (Å²) in [5.74, 6) is 0. The molecule has 1 aliphatic rings. The molecule has 3 rings (SSSR count). The lowest BCUT2D eigenvalue weighted by molar-refractivity contribution is 0.0821. The van der Waals surface area contributed by atoms with Crippen molar-refractivity contribution in [2.45, 2.75) is 32.6 Å². The van der Waals surface area contributed by atoms with Crippen molar-refractivity contribution in [2.24, 2.45) is 0 Å². The molecule has 6 heteroatoms. The van der Waals surface area contributed by atoms with Gasteiger partial charge in [-0.15, -0.1) is 0 Å². The maximum Gasteiger partial charge on any atom is 0.330 e. The summed E-state index contributed by atoms with van der Waals surface area (Å²) in [6, 6.07) is 9.78. The van der Waals surface area contributed by atoms with Crippen LogP contribution in [0, 0.1) is 0 Å². The second-order valence-corrected chi connectivity index (χ2v) is 5.56. The van der Waals surface area contributed by atoms with Gasteiger partial charge >= 0.3 is 5.69 Å². The van der Waals surface area contributed by atoms with Crippen LogP contribution in [-0.2, 0) is 29.0 Å². The molecule has 0 radical (unpaired) electrons. The van der Waals surface area contributed by atoms with Crippen LogP contribution in [0.2, 0.25) is 0 Å². The van der Waals surface area contributed by atoms with Crippen LogP contribution in [-0.4, -0.2) is 28.9 Å². The SMILES string of the molecule is CCOCn1c(Cc2ccccc2)c(CC2CO2)c(=O)[nH]c1=O. The molecule has 2 aromatic rings. The van der Waals surface area contributed by atoms with Crippen LogP contribution < -0.4 is 11.2 Å². The number of aromatic nitrogens is 2. The van der Waals surface area contributed by atoms with E-state index in [0.29, 0.717) is 37.3 Å². The monoisotopic (exact) mass is 316 g/mol. The number of hydrogen-bond acceptors (Lipinski definition) is 4. The van der Waals surface area contributed by atoms with Crippen molar-refractivity contribution in [3.05, 3.63) is 68.0 Å². The Balaban J connectivity index is 2.06. The first-order valence-corrected chi connectivity index (χ1v) is 7.77. The number of hydrogen-bond donors (Lipinski definition) is 1. The molecule has 1 N–H and O–H groups in total. The molecule has 1 atom stereocenters. The lowest BCUT2D eigenvalue weighted by Crippen LogP contribution is -2.36. The van der Waals surface area contributed by atoms with Crippen LogP contribution in [0.3, 0.4) is 0 Å². The highest BCUT2D eigenvalue weighted by Gasteiger charge is 2.27. The van der Waals surface area contributed by atoms with E-state index in [1.807, 2.05) is 37.3 Å². The number of rotatable bonds is 7. The summed E-state index contributed by atoms with van der Waals surface area (Å²) >= 11 is 0. The van der Waals surface area contributed by atoms with Crippen molar-refractivity contribution < 1.29 is 9.47 Å². The van der Waals surface area contributed by atoms with Gasteiger partial charge in [0.1, 0.15) is 6.73 Å². The molecule has 0 spiro atoms. The van der Waals surface area contributed by atoms with Gasteiger partial charge in [0.05, 0.1) is 12.7 Å². The first kappa shape index (κ1) is 15.7. The van der Waals surface area contributed by atoms with Gasteiger partial charge in [-0.25, -0.2) is 4.79 Å². The number of benzene rings is 1. The second kappa shape index (κ2) is 6.93. The number of nitrogens with one attached hydrogen (secondary N) is 1. The Morgan fingerprint density at radius 3 is 2.70 bits per heavy atom. The number of nitrogens with zero attached hydrogens (tertiary/aromatic N) is 1. The third-order valence-electron chi connectivity index (χ3n) is 3.89. The third kappa shape index (κ3) is 3.78. The van der Waals surface area contributed by atoms with E-state index >= 15 is 0 Å². The first-order chi connectivity index (χ1) is 11.2. The lowest BCUT2D eigenvalue weighted by Gasteiger charge is -2.16. The highest BCUT2D eigenvalue weighted by Crippen LogP contribution is 2.18. The Morgan fingerprint density at radius 1 is 1.30 bits per heavy atom. The van der Waals surface area contributed by atoms with Crippen LogP contribution in [0.5, 0.6) is 0 Å². The van der Waals surface area contributed by atoms with Gasteiger partial charge in [0, 0.05) is 30.7 Å². The molecule has 1 unspecified atom stereocenters. The van der Waals surface area contributed by atoms with Crippen LogP contribution in [0.25, 0.3) is 0 Å². The van der Waals surface area contributed by atoms with Gasteiger partial charge in [-0.1, -0.05) is 30.3 Å². The van der Waals surface area contributed by atoms with E-state index in [0.717, 1.165) is 5.56 Å². The number of ether oxygens (including phenoxy) is 2. The zero-order chi connectivity index (χ0) is 16.2. The van der Waals surface area contributed by atoms with Crippen LogP contribution in [0.4, 0.5) is 0 Å². The van der Waals surface area contributed by atoms with Crippen molar-refractivity contribution >= 4 is 0 Å². The molecule has 2 heterocycles. The summed E-state index contributed by atoms with van der Waals surface area (Å²) in [5.41, 5.74) is 1.59. The topological polar surface area (TPSA) is 76.6 Å². The lowest BCUT2D eigenvalue weighted by atomic mass is 10.0. The van der Waals surface area contributed by atoms with Crippen LogP contribution >= 0.6 is 0 Å². The molecule has 1 aromatic heterocycles. The standard InChI is InChI=1S/C17H20N2O4/c1-2-22-11-19-15(8-12-6-4-3-5-7-12)14(9-13-10-23-13)16(20)18-17(19)21/h3-7,13H,2,8-11H2,1H3,(H,18,20,21). The minimum Gasteiger partial charge on any atom is -0.373 e. The van der Waals surface area contributed by atoms with Gasteiger partial charge in [-0.05, 0) is 12.5 Å². The van der Waals surface area contributed by atoms with E-state index in [4.69, 9.17) is 9.47 Å². The highest BCUT2D eigenvalue weighted by atomic mass is 16.6. The molecule has 23 heavy (non-hydrogen) atoms. The fourth-order valence-electron chi connectivity index (χ4n) is 2.59. The van der Waals surface area contributed by atoms with E-state index < -0.39 is 5.69 Å². The summed E-state index contributed by atoms with van der Waals surface area (Å²) in [7, 11) is 0. The average molecular weight is 316 g/mol. The Kier molecular flexibility index (Phi) is 4.73. The third-order valence-corrected chi connectivity index (χ3v) is 3.89. The zero-order valence-corrected chi connectivity index (χ0v) is 13.1. The van der Waals surface area contributed by atoms with E-state index in [9.17, 15) is 9.59 Å². The van der Waals surface area contributed by atoms with E-state index in [1.54, 1.807) is 0 Å². The largest absolute Gasteiger partial charge is 0.373 e. The number of H-pyrrole nitrogens is 1. The highest BCUT2D eigenvalue weighted by molar-refractivity contribution is 5.27. The molecule has 0 aliphatic carbocycles. The Labute approximate surface area is 133 Å². The maximum atomic E-state index is 12.3. The molecule has 1 fully saturated rings. The molecule has 1 aromatic carbocycles. The molecule has 6 nitrogen and oxygen atoms in total. The molecular formula is C17H20N2O4. The molecule has 1 saturated heterocycles. The summed E-state index contributed by atoms with van der Waals surface area (Å²) in [5, 5.41) is 0. The summed E-state index contributed by atoms with van der Waals surface area (Å²) in [4.78, 5) is 26.9. The average Bonchev–Trinajstić information content (AvgIpc) is 3.36. The molecule has 0 bridgehead atoms. The molecule has 0 saturated carbocycles. The van der Waals surface area contributed by atoms with Gasteiger partial charge in [-0.2, -0.15) is 0 Å². The fraction of sp³-hybridized carbons (Fsp3) is 0.412. The summed E-state index contributed by atoms with van der Waals surface area (Å²) < 4.78 is 12.2. The summed E-state index contributed by atoms with van der Waals surface area (Å²) in [6.07, 6.45) is 1.10. The van der Waals surface area contributed by atoms with Crippen LogP contribution in [0.1, 0.15) is 23.7 Å². The van der Waals surface area contributed by atoms with E-state index in [1.165, 1.54) is 4.57 Å². The molecule has 0 amide bonds. The quantitative estimate of drug-likeness (QED) is 0.775. The predicted molar refractivity (Wildman–Crippen MR) is 85.6 cm³/mol. The van der Waals surface area contributed by atoms with Gasteiger partial charge in [0.15, 0.2) is 0 Å². The smallest absolute Gasteiger partial charge is 0.330 e. The zero-order valence-electron chi connectivity index (χ0n) is 13.1. The Morgan fingerprint density at radius 2 is 2.04 bits per heavy atom. The molecular weight excluding hydrogens is 296 g/mol. The van der Waals surface area contributed by atoms with Crippen molar-refractivity contribution in [3.63, 3.8) is 0 Å². The van der Waals surface area contributed by atoms with Crippen molar-refractivity contribution in [2.75, 3.05) is 13.2 Å². The minimum atomic E-state index is -0.435. The minimum absolute atomic E-state index is 0.0728.